The summed E-state index contributed by atoms with van der Waals surface area (Å²) in [5.74, 6) is 1.36. The molecule has 2 unspecified atom stereocenters. The Labute approximate surface area is 130 Å². The fraction of sp³-hybridized carbons (Fsp3) is 0.471. The summed E-state index contributed by atoms with van der Waals surface area (Å²) in [6.07, 6.45) is -0.361. The first-order valence-electron chi connectivity index (χ1n) is 7.31. The molecule has 0 spiro atoms. The molecule has 2 aliphatic heterocycles. The number of methoxy groups -OCH3 is 2. The van der Waals surface area contributed by atoms with Crippen molar-refractivity contribution in [2.24, 2.45) is 0 Å². The Morgan fingerprint density at radius 1 is 1.00 bits per heavy atom. The van der Waals surface area contributed by atoms with Gasteiger partial charge in [-0.05, 0) is 31.9 Å². The highest BCUT2D eigenvalue weighted by atomic mass is 16.6. The van der Waals surface area contributed by atoms with Crippen LogP contribution in [0.1, 0.15) is 44.0 Å². The van der Waals surface area contributed by atoms with Gasteiger partial charge < -0.3 is 14.2 Å². The van der Waals surface area contributed by atoms with E-state index in [1.165, 1.54) is 0 Å². The summed E-state index contributed by atoms with van der Waals surface area (Å²) in [7, 11) is 3.20. The van der Waals surface area contributed by atoms with Crippen molar-refractivity contribution in [1.82, 2.24) is 4.90 Å². The molecule has 5 heteroatoms. The van der Waals surface area contributed by atoms with Crippen molar-refractivity contribution in [3.8, 4) is 0 Å². The SMILES string of the molecule is COC1=C(OC)C2c3ccccc3C1N2C(=O)OC(C)(C)C. The highest BCUT2D eigenvalue weighted by Crippen LogP contribution is 2.56. The van der Waals surface area contributed by atoms with Gasteiger partial charge in [0.25, 0.3) is 0 Å². The van der Waals surface area contributed by atoms with Gasteiger partial charge in [0.2, 0.25) is 0 Å². The van der Waals surface area contributed by atoms with Crippen LogP contribution in [0, 0.1) is 0 Å². The van der Waals surface area contributed by atoms with Crippen LogP contribution in [0.5, 0.6) is 0 Å². The van der Waals surface area contributed by atoms with Gasteiger partial charge >= 0.3 is 6.09 Å². The van der Waals surface area contributed by atoms with Crippen molar-refractivity contribution in [3.63, 3.8) is 0 Å². The summed E-state index contributed by atoms with van der Waals surface area (Å²) in [6, 6.07) is 7.40. The Morgan fingerprint density at radius 2 is 1.45 bits per heavy atom. The van der Waals surface area contributed by atoms with Crippen molar-refractivity contribution >= 4 is 6.09 Å². The summed E-state index contributed by atoms with van der Waals surface area (Å²) in [4.78, 5) is 14.4. The minimum absolute atomic E-state index is 0.281. The highest BCUT2D eigenvalue weighted by molar-refractivity contribution is 5.74. The molecular formula is C17H21NO4. The molecule has 0 radical (unpaired) electrons. The van der Waals surface area contributed by atoms with Crippen molar-refractivity contribution in [2.75, 3.05) is 14.2 Å². The Kier molecular flexibility index (Phi) is 3.31. The molecule has 2 aliphatic rings. The molecule has 1 aromatic rings. The first-order chi connectivity index (χ1) is 10.4. The number of hydrogen-bond acceptors (Lipinski definition) is 4. The number of amides is 1. The average molecular weight is 303 g/mol. The third-order valence-corrected chi connectivity index (χ3v) is 3.93. The largest absolute Gasteiger partial charge is 0.495 e. The lowest BCUT2D eigenvalue weighted by molar-refractivity contribution is 0.0144. The van der Waals surface area contributed by atoms with Crippen LogP contribution in [0.4, 0.5) is 4.79 Å². The summed E-state index contributed by atoms with van der Waals surface area (Å²) in [6.45, 7) is 5.58. The minimum Gasteiger partial charge on any atom is -0.495 e. The van der Waals surface area contributed by atoms with Crippen LogP contribution in [-0.2, 0) is 14.2 Å². The van der Waals surface area contributed by atoms with E-state index in [0.717, 1.165) is 11.1 Å². The summed E-state index contributed by atoms with van der Waals surface area (Å²) >= 11 is 0. The van der Waals surface area contributed by atoms with Gasteiger partial charge in [0, 0.05) is 0 Å². The van der Waals surface area contributed by atoms with E-state index < -0.39 is 5.60 Å². The normalized spacial score (nSPS) is 22.7. The van der Waals surface area contributed by atoms with E-state index in [9.17, 15) is 4.79 Å². The molecule has 22 heavy (non-hydrogen) atoms. The van der Waals surface area contributed by atoms with Crippen LogP contribution in [0.15, 0.2) is 35.8 Å². The Balaban J connectivity index is 2.04. The Morgan fingerprint density at radius 3 is 1.82 bits per heavy atom. The van der Waals surface area contributed by atoms with E-state index in [2.05, 4.69) is 0 Å². The van der Waals surface area contributed by atoms with Crippen LogP contribution < -0.4 is 0 Å². The van der Waals surface area contributed by atoms with Gasteiger partial charge in [-0.25, -0.2) is 4.79 Å². The Bertz CT molecular complexity index is 603. The van der Waals surface area contributed by atoms with Crippen molar-refractivity contribution in [2.45, 2.75) is 38.5 Å². The van der Waals surface area contributed by atoms with Gasteiger partial charge in [0.1, 0.15) is 17.7 Å². The number of rotatable bonds is 2. The lowest BCUT2D eigenvalue weighted by atomic mass is 9.94. The summed E-state index contributed by atoms with van der Waals surface area (Å²) in [5.41, 5.74) is 1.58. The van der Waals surface area contributed by atoms with Gasteiger partial charge in [-0.2, -0.15) is 0 Å². The van der Waals surface area contributed by atoms with Crippen LogP contribution in [0.25, 0.3) is 0 Å². The van der Waals surface area contributed by atoms with Crippen LogP contribution >= 0.6 is 0 Å². The van der Waals surface area contributed by atoms with E-state index in [1.807, 2.05) is 45.0 Å². The quantitative estimate of drug-likeness (QED) is 0.838. The molecule has 3 rings (SSSR count). The lowest BCUT2D eigenvalue weighted by Crippen LogP contribution is -2.36. The highest BCUT2D eigenvalue weighted by Gasteiger charge is 2.55. The third-order valence-electron chi connectivity index (χ3n) is 3.93. The van der Waals surface area contributed by atoms with Gasteiger partial charge in [-0.3, -0.25) is 4.90 Å². The van der Waals surface area contributed by atoms with Gasteiger partial charge in [-0.1, -0.05) is 24.3 Å². The van der Waals surface area contributed by atoms with E-state index in [-0.39, 0.29) is 18.2 Å². The molecule has 118 valence electrons. The molecule has 0 fully saturated rings. The first-order valence-corrected chi connectivity index (χ1v) is 7.31. The molecule has 5 nitrogen and oxygen atoms in total. The molecule has 0 saturated carbocycles. The molecule has 0 N–H and O–H groups in total. The van der Waals surface area contributed by atoms with E-state index in [0.29, 0.717) is 11.5 Å². The predicted octanol–water partition coefficient (Wildman–Crippen LogP) is 3.54. The first kappa shape index (κ1) is 14.8. The van der Waals surface area contributed by atoms with Gasteiger partial charge in [0.05, 0.1) is 14.2 Å². The molecular weight excluding hydrogens is 282 g/mol. The zero-order valence-electron chi connectivity index (χ0n) is 13.5. The van der Waals surface area contributed by atoms with Crippen molar-refractivity contribution in [3.05, 3.63) is 46.9 Å². The third kappa shape index (κ3) is 2.03. The molecule has 0 aliphatic carbocycles. The molecule has 0 aromatic heterocycles. The number of ether oxygens (including phenoxy) is 3. The summed E-state index contributed by atoms with van der Waals surface area (Å²) in [5, 5.41) is 0. The monoisotopic (exact) mass is 303 g/mol. The standard InChI is InChI=1S/C17H21NO4/c1-17(2,3)22-16(19)18-12-10-8-6-7-9-11(10)13(18)15(21-5)14(12)20-4/h6-9,12-13H,1-5H3. The van der Waals surface area contributed by atoms with E-state index in [1.54, 1.807) is 19.1 Å². The van der Waals surface area contributed by atoms with Crippen LogP contribution in [0.2, 0.25) is 0 Å². The smallest absolute Gasteiger partial charge is 0.412 e. The fourth-order valence-electron chi connectivity index (χ4n) is 3.21. The van der Waals surface area contributed by atoms with E-state index >= 15 is 0 Å². The number of nitrogens with zero attached hydrogens (tertiary/aromatic N) is 1. The topological polar surface area (TPSA) is 48.0 Å². The molecule has 1 aromatic carbocycles. The zero-order valence-corrected chi connectivity index (χ0v) is 13.5. The van der Waals surface area contributed by atoms with Crippen LogP contribution in [-0.4, -0.2) is 30.8 Å². The van der Waals surface area contributed by atoms with Crippen molar-refractivity contribution in [1.29, 1.82) is 0 Å². The van der Waals surface area contributed by atoms with Gasteiger partial charge in [0.15, 0.2) is 11.5 Å². The average Bonchev–Trinajstić information content (AvgIpc) is 2.96. The number of benzene rings is 1. The van der Waals surface area contributed by atoms with E-state index in [4.69, 9.17) is 14.2 Å². The minimum atomic E-state index is -0.550. The Hall–Kier alpha value is -2.17. The molecule has 2 atom stereocenters. The maximum atomic E-state index is 12.7. The molecule has 2 bridgehead atoms. The number of carbonyl (C=O) groups is 1. The second kappa shape index (κ2) is 4.93. The number of fused-ring (bicyclic) bond motifs is 5. The second-order valence-corrected chi connectivity index (χ2v) is 6.46. The van der Waals surface area contributed by atoms with Gasteiger partial charge in [-0.15, -0.1) is 0 Å². The molecule has 0 saturated heterocycles. The van der Waals surface area contributed by atoms with Crippen molar-refractivity contribution < 1.29 is 19.0 Å². The lowest BCUT2D eigenvalue weighted by Gasteiger charge is -2.28. The number of carbonyl (C=O) groups excluding carboxylic acids is 1. The zero-order chi connectivity index (χ0) is 16.1. The van der Waals surface area contributed by atoms with Crippen LogP contribution in [0.3, 0.4) is 0 Å². The maximum absolute atomic E-state index is 12.7. The predicted molar refractivity (Wildman–Crippen MR) is 81.0 cm³/mol. The molecule has 1 amide bonds. The maximum Gasteiger partial charge on any atom is 0.412 e. The summed E-state index contributed by atoms with van der Waals surface area (Å²) < 4.78 is 16.6. The fourth-order valence-corrected chi connectivity index (χ4v) is 3.21. The number of hydrogen-bond donors (Lipinski definition) is 0. The molecule has 2 heterocycles. The second-order valence-electron chi connectivity index (χ2n) is 6.46.